The van der Waals surface area contributed by atoms with Crippen LogP contribution < -0.4 is 0 Å². The first-order valence-corrected chi connectivity index (χ1v) is 7.15. The van der Waals surface area contributed by atoms with Crippen molar-refractivity contribution in [3.8, 4) is 11.4 Å². The largest absolute Gasteiger partial charge is 0.303 e. The summed E-state index contributed by atoms with van der Waals surface area (Å²) in [6.07, 6.45) is 0.931. The van der Waals surface area contributed by atoms with Gasteiger partial charge in [-0.15, -0.1) is 0 Å². The molecule has 0 radical (unpaired) electrons. The van der Waals surface area contributed by atoms with Gasteiger partial charge in [0.2, 0.25) is 0 Å². The summed E-state index contributed by atoms with van der Waals surface area (Å²) in [5, 5.41) is 7.37. The predicted octanol–water partition coefficient (Wildman–Crippen LogP) is 3.29. The first kappa shape index (κ1) is 14.7. The third kappa shape index (κ3) is 3.45. The van der Waals surface area contributed by atoms with Crippen LogP contribution in [0.25, 0.3) is 11.4 Å². The second-order valence-electron chi connectivity index (χ2n) is 5.97. The number of hydrogen-bond donors (Lipinski definition) is 1. The molecule has 0 aliphatic rings. The maximum Gasteiger partial charge on any atom is 0.181 e. The Morgan fingerprint density at radius 2 is 1.95 bits per heavy atom. The van der Waals surface area contributed by atoms with Gasteiger partial charge >= 0.3 is 0 Å². The third-order valence-corrected chi connectivity index (χ3v) is 3.54. The lowest BCUT2D eigenvalue weighted by Crippen LogP contribution is -2.16. The Bertz CT molecular complexity index is 557. The first-order valence-electron chi connectivity index (χ1n) is 7.15. The number of nitrogens with one attached hydrogen (secondary N) is 1. The van der Waals surface area contributed by atoms with Gasteiger partial charge in [-0.3, -0.25) is 5.10 Å². The van der Waals surface area contributed by atoms with Crippen molar-refractivity contribution >= 4 is 0 Å². The van der Waals surface area contributed by atoms with E-state index in [2.05, 4.69) is 79.2 Å². The van der Waals surface area contributed by atoms with Gasteiger partial charge in [-0.1, -0.05) is 32.0 Å². The van der Waals surface area contributed by atoms with Crippen molar-refractivity contribution in [2.45, 2.75) is 33.2 Å². The molecule has 108 valence electrons. The average molecular weight is 272 g/mol. The topological polar surface area (TPSA) is 44.8 Å². The molecule has 0 unspecified atom stereocenters. The van der Waals surface area contributed by atoms with Gasteiger partial charge in [-0.2, -0.15) is 5.10 Å². The van der Waals surface area contributed by atoms with Crippen molar-refractivity contribution in [1.29, 1.82) is 0 Å². The van der Waals surface area contributed by atoms with Gasteiger partial charge in [0.1, 0.15) is 5.82 Å². The van der Waals surface area contributed by atoms with Crippen LogP contribution >= 0.6 is 0 Å². The van der Waals surface area contributed by atoms with Crippen molar-refractivity contribution < 1.29 is 0 Å². The van der Waals surface area contributed by atoms with Crippen LogP contribution in [0, 0.1) is 5.92 Å². The third-order valence-electron chi connectivity index (χ3n) is 3.54. The van der Waals surface area contributed by atoms with Gasteiger partial charge in [0.15, 0.2) is 5.82 Å². The van der Waals surface area contributed by atoms with Gasteiger partial charge in [0.25, 0.3) is 0 Å². The molecule has 1 aromatic heterocycles. The normalized spacial score (nSPS) is 13.2. The predicted molar refractivity (Wildman–Crippen MR) is 82.5 cm³/mol. The van der Waals surface area contributed by atoms with Crippen LogP contribution in [0.4, 0.5) is 0 Å². The van der Waals surface area contributed by atoms with E-state index in [-0.39, 0.29) is 0 Å². The van der Waals surface area contributed by atoms with E-state index in [1.165, 1.54) is 5.56 Å². The molecule has 1 N–H and O–H groups in total. The lowest BCUT2D eigenvalue weighted by atomic mass is 10.0. The summed E-state index contributed by atoms with van der Waals surface area (Å²) in [7, 11) is 4.18. The lowest BCUT2D eigenvalue weighted by Gasteiger charge is -2.20. The summed E-state index contributed by atoms with van der Waals surface area (Å²) in [5.74, 6) is 2.32. The summed E-state index contributed by atoms with van der Waals surface area (Å²) >= 11 is 0. The molecular formula is C16H24N4. The van der Waals surface area contributed by atoms with Gasteiger partial charge in [-0.05, 0) is 38.6 Å². The molecule has 1 aromatic carbocycles. The summed E-state index contributed by atoms with van der Waals surface area (Å²) < 4.78 is 0. The summed E-state index contributed by atoms with van der Waals surface area (Å²) in [4.78, 5) is 6.78. The second kappa shape index (κ2) is 6.18. The molecule has 4 heteroatoms. The molecule has 0 saturated carbocycles. The number of nitrogens with zero attached hydrogens (tertiary/aromatic N) is 3. The van der Waals surface area contributed by atoms with Gasteiger partial charge in [0.05, 0.1) is 0 Å². The fourth-order valence-corrected chi connectivity index (χ4v) is 2.14. The van der Waals surface area contributed by atoms with Gasteiger partial charge < -0.3 is 4.90 Å². The van der Waals surface area contributed by atoms with E-state index in [1.807, 2.05) is 0 Å². The Hall–Kier alpha value is -1.68. The van der Waals surface area contributed by atoms with E-state index >= 15 is 0 Å². The molecule has 2 rings (SSSR count). The molecule has 0 saturated heterocycles. The van der Waals surface area contributed by atoms with Gasteiger partial charge in [0, 0.05) is 18.0 Å². The lowest BCUT2D eigenvalue weighted by molar-refractivity contribution is 0.321. The van der Waals surface area contributed by atoms with E-state index in [1.54, 1.807) is 0 Å². The number of rotatable bonds is 5. The van der Waals surface area contributed by atoms with Crippen molar-refractivity contribution in [1.82, 2.24) is 20.1 Å². The number of benzene rings is 1. The van der Waals surface area contributed by atoms with E-state index in [9.17, 15) is 0 Å². The van der Waals surface area contributed by atoms with E-state index < -0.39 is 0 Å². The summed E-state index contributed by atoms with van der Waals surface area (Å²) in [6, 6.07) is 8.84. The molecule has 20 heavy (non-hydrogen) atoms. The highest BCUT2D eigenvalue weighted by Crippen LogP contribution is 2.23. The molecule has 1 atom stereocenters. The monoisotopic (exact) mass is 272 g/mol. The first-order chi connectivity index (χ1) is 9.47. The van der Waals surface area contributed by atoms with Crippen LogP contribution in [0.1, 0.15) is 38.2 Å². The Morgan fingerprint density at radius 3 is 2.60 bits per heavy atom. The standard InChI is InChI=1S/C16H24N4/c1-11(2)9-15-17-16(19-18-15)14-8-6-7-13(10-14)12(3)20(4)5/h6-8,10-12H,9H2,1-5H3,(H,17,18,19)/t12-/m1/s1. The molecule has 0 aliphatic heterocycles. The smallest absolute Gasteiger partial charge is 0.181 e. The Kier molecular flexibility index (Phi) is 4.55. The quantitative estimate of drug-likeness (QED) is 0.908. The minimum absolute atomic E-state index is 0.379. The van der Waals surface area contributed by atoms with E-state index in [4.69, 9.17) is 0 Å². The highest BCUT2D eigenvalue weighted by atomic mass is 15.2. The molecule has 1 heterocycles. The van der Waals surface area contributed by atoms with Crippen molar-refractivity contribution in [2.24, 2.45) is 5.92 Å². The average Bonchev–Trinajstić information content (AvgIpc) is 2.85. The highest BCUT2D eigenvalue weighted by molar-refractivity contribution is 5.56. The number of aromatic nitrogens is 3. The molecule has 0 amide bonds. The summed E-state index contributed by atoms with van der Waals surface area (Å²) in [5.41, 5.74) is 2.35. The van der Waals surface area contributed by atoms with Crippen LogP contribution in [-0.2, 0) is 6.42 Å². The molecule has 0 bridgehead atoms. The van der Waals surface area contributed by atoms with Crippen molar-refractivity contribution in [2.75, 3.05) is 14.1 Å². The zero-order chi connectivity index (χ0) is 14.7. The van der Waals surface area contributed by atoms with Crippen LogP contribution in [0.3, 0.4) is 0 Å². The fraction of sp³-hybridized carbons (Fsp3) is 0.500. The SMILES string of the molecule is CC(C)Cc1nc(-c2cccc([C@@H](C)N(C)C)c2)n[nH]1. The minimum atomic E-state index is 0.379. The van der Waals surface area contributed by atoms with E-state index in [0.717, 1.165) is 23.6 Å². The number of hydrogen-bond acceptors (Lipinski definition) is 3. The number of aromatic amines is 1. The fourth-order valence-electron chi connectivity index (χ4n) is 2.14. The van der Waals surface area contributed by atoms with Crippen molar-refractivity contribution in [3.05, 3.63) is 35.7 Å². The van der Waals surface area contributed by atoms with Crippen LogP contribution in [0.15, 0.2) is 24.3 Å². The Balaban J connectivity index is 2.24. The number of H-pyrrole nitrogens is 1. The van der Waals surface area contributed by atoms with Crippen LogP contribution in [-0.4, -0.2) is 34.2 Å². The maximum atomic E-state index is 4.59. The molecule has 0 aliphatic carbocycles. The Morgan fingerprint density at radius 1 is 1.20 bits per heavy atom. The molecular weight excluding hydrogens is 248 g/mol. The maximum absolute atomic E-state index is 4.59. The molecule has 0 fully saturated rings. The minimum Gasteiger partial charge on any atom is -0.303 e. The molecule has 2 aromatic rings. The zero-order valence-electron chi connectivity index (χ0n) is 13.0. The van der Waals surface area contributed by atoms with E-state index in [0.29, 0.717) is 12.0 Å². The van der Waals surface area contributed by atoms with Crippen LogP contribution in [0.2, 0.25) is 0 Å². The van der Waals surface area contributed by atoms with Crippen molar-refractivity contribution in [3.63, 3.8) is 0 Å². The zero-order valence-corrected chi connectivity index (χ0v) is 13.0. The molecule has 0 spiro atoms. The second-order valence-corrected chi connectivity index (χ2v) is 5.97. The molecule has 4 nitrogen and oxygen atoms in total. The summed E-state index contributed by atoms with van der Waals surface area (Å²) in [6.45, 7) is 6.56. The van der Waals surface area contributed by atoms with Gasteiger partial charge in [-0.25, -0.2) is 4.98 Å². The Labute approximate surface area is 121 Å². The highest BCUT2D eigenvalue weighted by Gasteiger charge is 2.11. The van der Waals surface area contributed by atoms with Crippen LogP contribution in [0.5, 0.6) is 0 Å².